The molecule has 17 heavy (non-hydrogen) atoms. The second-order valence-electron chi connectivity index (χ2n) is 3.83. The number of hydrogen-bond donors (Lipinski definition) is 2. The quantitative estimate of drug-likeness (QED) is 0.670. The molecule has 0 spiro atoms. The maximum atomic E-state index is 9.44. The van der Waals surface area contributed by atoms with Gasteiger partial charge in [0.15, 0.2) is 0 Å². The predicted octanol–water partition coefficient (Wildman–Crippen LogP) is 2.41. The van der Waals surface area contributed by atoms with Gasteiger partial charge in [-0.15, -0.1) is 0 Å². The normalized spacial score (nSPS) is 10.8. The van der Waals surface area contributed by atoms with Gasteiger partial charge in [-0.2, -0.15) is 0 Å². The van der Waals surface area contributed by atoms with Crippen molar-refractivity contribution in [2.24, 2.45) is 0 Å². The van der Waals surface area contributed by atoms with Gasteiger partial charge < -0.3 is 14.6 Å². The molecule has 1 aromatic carbocycles. The van der Waals surface area contributed by atoms with Gasteiger partial charge in [-0.05, 0) is 24.3 Å². The zero-order valence-corrected chi connectivity index (χ0v) is 8.91. The SMILES string of the molecule is Oc1cc(O)cc(-c2cn3ccccc3n2)c1. The van der Waals surface area contributed by atoms with Crippen molar-refractivity contribution in [1.29, 1.82) is 0 Å². The highest BCUT2D eigenvalue weighted by atomic mass is 16.3. The largest absolute Gasteiger partial charge is 0.508 e. The van der Waals surface area contributed by atoms with Crippen LogP contribution in [0.25, 0.3) is 16.9 Å². The Kier molecular flexibility index (Phi) is 2.01. The number of phenolic OH excluding ortho intramolecular Hbond substituents is 2. The monoisotopic (exact) mass is 226 g/mol. The maximum absolute atomic E-state index is 9.44. The number of fused-ring (bicyclic) bond motifs is 1. The lowest BCUT2D eigenvalue weighted by Crippen LogP contribution is -1.77. The lowest BCUT2D eigenvalue weighted by Gasteiger charge is -1.99. The van der Waals surface area contributed by atoms with Crippen LogP contribution in [-0.2, 0) is 0 Å². The predicted molar refractivity (Wildman–Crippen MR) is 64.0 cm³/mol. The Morgan fingerprint density at radius 2 is 1.76 bits per heavy atom. The van der Waals surface area contributed by atoms with Crippen molar-refractivity contribution >= 4 is 5.65 Å². The van der Waals surface area contributed by atoms with Crippen LogP contribution in [-0.4, -0.2) is 19.6 Å². The summed E-state index contributed by atoms with van der Waals surface area (Å²) >= 11 is 0. The third-order valence-corrected chi connectivity index (χ3v) is 2.56. The second-order valence-corrected chi connectivity index (χ2v) is 3.83. The van der Waals surface area contributed by atoms with Crippen molar-refractivity contribution in [3.05, 3.63) is 48.8 Å². The maximum Gasteiger partial charge on any atom is 0.137 e. The van der Waals surface area contributed by atoms with E-state index in [9.17, 15) is 10.2 Å². The zero-order chi connectivity index (χ0) is 11.8. The molecule has 0 radical (unpaired) electrons. The average molecular weight is 226 g/mol. The zero-order valence-electron chi connectivity index (χ0n) is 8.91. The molecule has 84 valence electrons. The van der Waals surface area contributed by atoms with E-state index in [0.717, 1.165) is 5.65 Å². The number of hydrogen-bond acceptors (Lipinski definition) is 3. The molecule has 0 saturated heterocycles. The molecule has 0 fully saturated rings. The van der Waals surface area contributed by atoms with Crippen molar-refractivity contribution < 1.29 is 10.2 Å². The Balaban J connectivity index is 2.20. The fourth-order valence-corrected chi connectivity index (χ4v) is 1.82. The van der Waals surface area contributed by atoms with Gasteiger partial charge in [-0.3, -0.25) is 0 Å². The molecule has 2 N–H and O–H groups in total. The van der Waals surface area contributed by atoms with E-state index in [0.29, 0.717) is 11.3 Å². The third kappa shape index (κ3) is 1.69. The highest BCUT2D eigenvalue weighted by Gasteiger charge is 2.06. The third-order valence-electron chi connectivity index (χ3n) is 2.56. The van der Waals surface area contributed by atoms with Crippen LogP contribution in [0.5, 0.6) is 11.5 Å². The highest BCUT2D eigenvalue weighted by Crippen LogP contribution is 2.27. The summed E-state index contributed by atoms with van der Waals surface area (Å²) in [6.07, 6.45) is 3.75. The summed E-state index contributed by atoms with van der Waals surface area (Å²) in [4.78, 5) is 4.41. The number of pyridine rings is 1. The van der Waals surface area contributed by atoms with Crippen molar-refractivity contribution in [2.75, 3.05) is 0 Å². The minimum atomic E-state index is 0.0251. The number of aromatic nitrogens is 2. The molecule has 0 unspecified atom stereocenters. The molecule has 2 aromatic heterocycles. The van der Waals surface area contributed by atoms with Gasteiger partial charge in [0.1, 0.15) is 17.1 Å². The molecule has 0 saturated carbocycles. The molecule has 0 aliphatic rings. The number of nitrogens with zero attached hydrogens (tertiary/aromatic N) is 2. The summed E-state index contributed by atoms with van der Waals surface area (Å²) in [5.74, 6) is 0.0501. The first-order valence-electron chi connectivity index (χ1n) is 5.19. The van der Waals surface area contributed by atoms with Gasteiger partial charge in [0.2, 0.25) is 0 Å². The molecule has 4 heteroatoms. The highest BCUT2D eigenvalue weighted by molar-refractivity contribution is 5.66. The van der Waals surface area contributed by atoms with Crippen molar-refractivity contribution in [3.63, 3.8) is 0 Å². The molecule has 2 heterocycles. The standard InChI is InChI=1S/C13H10N2O2/c16-10-5-9(6-11(17)7-10)12-8-15-4-2-1-3-13(15)14-12/h1-8,16-17H. The summed E-state index contributed by atoms with van der Waals surface area (Å²) in [6.45, 7) is 0. The van der Waals surface area contributed by atoms with E-state index in [1.165, 1.54) is 6.07 Å². The molecule has 0 atom stereocenters. The smallest absolute Gasteiger partial charge is 0.137 e. The Bertz CT molecular complexity index is 635. The van der Waals surface area contributed by atoms with Crippen LogP contribution in [0.1, 0.15) is 0 Å². The van der Waals surface area contributed by atoms with E-state index >= 15 is 0 Å². The summed E-state index contributed by atoms with van der Waals surface area (Å²) < 4.78 is 1.89. The molecule has 0 bridgehead atoms. The fourth-order valence-electron chi connectivity index (χ4n) is 1.82. The molecular formula is C13H10N2O2. The Hall–Kier alpha value is -2.49. The second kappa shape index (κ2) is 3.52. The Labute approximate surface area is 97.4 Å². The molecule has 4 nitrogen and oxygen atoms in total. The summed E-state index contributed by atoms with van der Waals surface area (Å²) in [5, 5.41) is 18.9. The summed E-state index contributed by atoms with van der Waals surface area (Å²) in [5.41, 5.74) is 2.22. The summed E-state index contributed by atoms with van der Waals surface area (Å²) in [7, 11) is 0. The molecule has 0 amide bonds. The summed E-state index contributed by atoms with van der Waals surface area (Å²) in [6, 6.07) is 10.2. The van der Waals surface area contributed by atoms with E-state index in [4.69, 9.17) is 0 Å². The van der Waals surface area contributed by atoms with Gasteiger partial charge >= 0.3 is 0 Å². The number of imidazole rings is 1. The topological polar surface area (TPSA) is 57.8 Å². The van der Waals surface area contributed by atoms with Gasteiger partial charge in [0.05, 0.1) is 5.69 Å². The van der Waals surface area contributed by atoms with Crippen LogP contribution in [0, 0.1) is 0 Å². The average Bonchev–Trinajstić information content (AvgIpc) is 2.71. The number of aromatic hydroxyl groups is 2. The van der Waals surface area contributed by atoms with Crippen LogP contribution in [0.3, 0.4) is 0 Å². The minimum Gasteiger partial charge on any atom is -0.508 e. The van der Waals surface area contributed by atoms with Gasteiger partial charge in [0, 0.05) is 24.0 Å². The van der Waals surface area contributed by atoms with E-state index < -0.39 is 0 Å². The lowest BCUT2D eigenvalue weighted by atomic mass is 10.1. The number of benzene rings is 1. The molecular weight excluding hydrogens is 216 g/mol. The van der Waals surface area contributed by atoms with Crippen LogP contribution in [0.15, 0.2) is 48.8 Å². The van der Waals surface area contributed by atoms with Crippen molar-refractivity contribution in [2.45, 2.75) is 0 Å². The van der Waals surface area contributed by atoms with Gasteiger partial charge in [-0.25, -0.2) is 4.98 Å². The molecule has 0 aliphatic carbocycles. The van der Waals surface area contributed by atoms with Gasteiger partial charge in [0.25, 0.3) is 0 Å². The molecule has 3 rings (SSSR count). The first-order valence-corrected chi connectivity index (χ1v) is 5.19. The van der Waals surface area contributed by atoms with Crippen molar-refractivity contribution in [1.82, 2.24) is 9.38 Å². The van der Waals surface area contributed by atoms with E-state index in [-0.39, 0.29) is 11.5 Å². The first kappa shape index (κ1) is 9.72. The van der Waals surface area contributed by atoms with E-state index in [1.807, 2.05) is 35.0 Å². The Morgan fingerprint density at radius 1 is 1.00 bits per heavy atom. The first-order chi connectivity index (χ1) is 8.22. The fraction of sp³-hybridized carbons (Fsp3) is 0. The molecule has 0 aliphatic heterocycles. The van der Waals surface area contributed by atoms with Crippen LogP contribution < -0.4 is 0 Å². The van der Waals surface area contributed by atoms with Crippen LogP contribution in [0.2, 0.25) is 0 Å². The van der Waals surface area contributed by atoms with E-state index in [2.05, 4.69) is 4.98 Å². The lowest BCUT2D eigenvalue weighted by molar-refractivity contribution is 0.451. The van der Waals surface area contributed by atoms with E-state index in [1.54, 1.807) is 12.1 Å². The minimum absolute atomic E-state index is 0.0251. The van der Waals surface area contributed by atoms with Gasteiger partial charge in [-0.1, -0.05) is 6.07 Å². The number of phenols is 2. The van der Waals surface area contributed by atoms with Crippen molar-refractivity contribution in [3.8, 4) is 22.8 Å². The number of rotatable bonds is 1. The molecule has 3 aromatic rings. The Morgan fingerprint density at radius 3 is 2.47 bits per heavy atom. The van der Waals surface area contributed by atoms with Crippen LogP contribution in [0.4, 0.5) is 0 Å². The van der Waals surface area contributed by atoms with Crippen LogP contribution >= 0.6 is 0 Å².